The quantitative estimate of drug-likeness (QED) is 0.0169. The molecule has 19 heteroatoms. The van der Waals surface area contributed by atoms with Crippen LogP contribution in [-0.4, -0.2) is 96.7 Å². The van der Waals surface area contributed by atoms with E-state index >= 15 is 0 Å². The fourth-order valence-corrected chi connectivity index (χ4v) is 11.0. The van der Waals surface area contributed by atoms with Gasteiger partial charge in [-0.1, -0.05) is 258 Å². The van der Waals surface area contributed by atoms with Crippen LogP contribution in [0, 0.1) is 0 Å². The molecule has 0 saturated carbocycles. The second-order valence-corrected chi connectivity index (χ2v) is 27.4. The Kier molecular flexibility index (Phi) is 67.2. The van der Waals surface area contributed by atoms with Crippen LogP contribution in [0.1, 0.15) is 285 Å². The van der Waals surface area contributed by atoms with Gasteiger partial charge in [0.1, 0.15) is 19.3 Å². The molecule has 560 valence electrons. The lowest BCUT2D eigenvalue weighted by molar-refractivity contribution is -0.161. The highest BCUT2D eigenvalue weighted by Gasteiger charge is 2.30. The van der Waals surface area contributed by atoms with E-state index in [9.17, 15) is 43.2 Å². The molecule has 17 nitrogen and oxygen atoms in total. The van der Waals surface area contributed by atoms with Crippen LogP contribution in [0.3, 0.4) is 0 Å². The molecule has 0 aromatic heterocycles. The van der Waals surface area contributed by atoms with Crippen molar-refractivity contribution in [2.75, 3.05) is 39.6 Å². The molecule has 3 N–H and O–H groups in total. The average molecular weight is 1420 g/mol. The molecule has 0 aliphatic rings. The minimum Gasteiger partial charge on any atom is -0.462 e. The highest BCUT2D eigenvalue weighted by Crippen LogP contribution is 2.45. The number of aliphatic hydroxyl groups is 1. The van der Waals surface area contributed by atoms with Crippen LogP contribution in [-0.2, 0) is 65.4 Å². The van der Waals surface area contributed by atoms with Gasteiger partial charge >= 0.3 is 39.5 Å². The molecule has 5 unspecified atom stereocenters. The third-order valence-electron chi connectivity index (χ3n) is 15.1. The number of carbonyl (C=O) groups excluding carboxylic acids is 4. The second-order valence-electron chi connectivity index (χ2n) is 24.5. The zero-order valence-electron chi connectivity index (χ0n) is 60.9. The predicted octanol–water partition coefficient (Wildman–Crippen LogP) is 21.3. The fraction of sp³-hybridized carbons (Fsp3) is 0.671. The first-order chi connectivity index (χ1) is 47.7. The molecule has 0 rings (SSSR count). The molecule has 0 amide bonds. The Bertz CT molecular complexity index is 2380. The Labute approximate surface area is 593 Å². The number of rotatable bonds is 69. The van der Waals surface area contributed by atoms with Crippen LogP contribution in [0.2, 0.25) is 0 Å². The third kappa shape index (κ3) is 69.7. The van der Waals surface area contributed by atoms with Crippen molar-refractivity contribution in [2.45, 2.75) is 303 Å². The molecule has 0 spiro atoms. The van der Waals surface area contributed by atoms with E-state index in [0.29, 0.717) is 32.1 Å². The number of allylic oxidation sites excluding steroid dienone is 22. The summed E-state index contributed by atoms with van der Waals surface area (Å²) in [6.45, 7) is 4.43. The normalized spacial score (nSPS) is 14.7. The number of carbonyl (C=O) groups is 4. The van der Waals surface area contributed by atoms with Crippen molar-refractivity contribution in [1.29, 1.82) is 0 Å². The van der Waals surface area contributed by atoms with Crippen LogP contribution in [0.5, 0.6) is 0 Å². The number of unbranched alkanes of at least 4 members (excludes halogenated alkanes) is 21. The Balaban J connectivity index is 5.36. The van der Waals surface area contributed by atoms with Crippen LogP contribution >= 0.6 is 15.6 Å². The van der Waals surface area contributed by atoms with Gasteiger partial charge in [0, 0.05) is 25.7 Å². The fourth-order valence-electron chi connectivity index (χ4n) is 9.40. The summed E-state index contributed by atoms with van der Waals surface area (Å²) in [5.41, 5.74) is 0. The number of phosphoric ester groups is 2. The lowest BCUT2D eigenvalue weighted by Crippen LogP contribution is -2.30. The van der Waals surface area contributed by atoms with Gasteiger partial charge in [-0.15, -0.1) is 0 Å². The monoisotopic (exact) mass is 1410 g/mol. The van der Waals surface area contributed by atoms with E-state index in [-0.39, 0.29) is 25.7 Å². The van der Waals surface area contributed by atoms with Gasteiger partial charge in [0.25, 0.3) is 0 Å². The van der Waals surface area contributed by atoms with E-state index in [4.69, 9.17) is 37.0 Å². The first kappa shape index (κ1) is 93.2. The SMILES string of the molecule is CC/C=C\C/C=C\C/C=C\C/C=C\C/C=C\C/C=C\CCC(=O)OCC(COP(=O)(O)OCC(O)COP(=O)(O)OCC(COC(=O)CCCCCCCCC/C=C\C/C=C\C/C=C\CC)OC(=O)CCCCCCC/C=C\CCCC)OC(=O)CCCCCCC/C=C\CCCC. The minimum absolute atomic E-state index is 0.0319. The van der Waals surface area contributed by atoms with Crippen molar-refractivity contribution in [3.05, 3.63) is 134 Å². The second kappa shape index (κ2) is 70.6. The van der Waals surface area contributed by atoms with E-state index in [1.165, 1.54) is 25.7 Å². The Hall–Kier alpha value is -4.80. The zero-order chi connectivity index (χ0) is 71.8. The molecule has 0 aromatic rings. The van der Waals surface area contributed by atoms with E-state index in [1.807, 2.05) is 18.2 Å². The highest BCUT2D eigenvalue weighted by atomic mass is 31.2. The van der Waals surface area contributed by atoms with Crippen molar-refractivity contribution in [3.8, 4) is 0 Å². The zero-order valence-corrected chi connectivity index (χ0v) is 62.7. The topological polar surface area (TPSA) is 237 Å². The smallest absolute Gasteiger partial charge is 0.462 e. The van der Waals surface area contributed by atoms with Crippen LogP contribution in [0.15, 0.2) is 134 Å². The van der Waals surface area contributed by atoms with Gasteiger partial charge in [0.05, 0.1) is 26.4 Å². The van der Waals surface area contributed by atoms with Crippen LogP contribution < -0.4 is 0 Å². The molecule has 0 heterocycles. The number of hydrogen-bond acceptors (Lipinski definition) is 15. The Morgan fingerprint density at radius 3 is 0.888 bits per heavy atom. The molecule has 0 bridgehead atoms. The maximum Gasteiger partial charge on any atom is 0.472 e. The summed E-state index contributed by atoms with van der Waals surface area (Å²) in [4.78, 5) is 72.7. The van der Waals surface area contributed by atoms with E-state index in [2.05, 4.69) is 143 Å². The van der Waals surface area contributed by atoms with Gasteiger partial charge < -0.3 is 33.8 Å². The molecule has 0 radical (unpaired) electrons. The Morgan fingerprint density at radius 2 is 0.551 bits per heavy atom. The molecule has 0 aromatic carbocycles. The molecular formula is C79H132O17P2. The summed E-state index contributed by atoms with van der Waals surface area (Å²) in [5.74, 6) is -2.31. The summed E-state index contributed by atoms with van der Waals surface area (Å²) < 4.78 is 68.2. The first-order valence-electron chi connectivity index (χ1n) is 37.4. The largest absolute Gasteiger partial charge is 0.472 e. The summed E-state index contributed by atoms with van der Waals surface area (Å²) >= 11 is 0. The lowest BCUT2D eigenvalue weighted by atomic mass is 10.1. The van der Waals surface area contributed by atoms with Crippen molar-refractivity contribution in [2.24, 2.45) is 0 Å². The van der Waals surface area contributed by atoms with Crippen LogP contribution in [0.4, 0.5) is 0 Å². The van der Waals surface area contributed by atoms with E-state index < -0.39 is 97.5 Å². The lowest BCUT2D eigenvalue weighted by Gasteiger charge is -2.21. The molecule has 0 saturated heterocycles. The third-order valence-corrected chi connectivity index (χ3v) is 17.0. The van der Waals surface area contributed by atoms with Gasteiger partial charge in [-0.05, 0) is 135 Å². The molecule has 98 heavy (non-hydrogen) atoms. The number of esters is 4. The highest BCUT2D eigenvalue weighted by molar-refractivity contribution is 7.47. The van der Waals surface area contributed by atoms with E-state index in [0.717, 1.165) is 173 Å². The van der Waals surface area contributed by atoms with Crippen molar-refractivity contribution in [1.82, 2.24) is 0 Å². The van der Waals surface area contributed by atoms with Gasteiger partial charge in [0.2, 0.25) is 0 Å². The predicted molar refractivity (Wildman–Crippen MR) is 399 cm³/mol. The number of phosphoric acid groups is 2. The molecular weight excluding hydrogens is 1280 g/mol. The van der Waals surface area contributed by atoms with Gasteiger partial charge in [-0.25, -0.2) is 9.13 Å². The van der Waals surface area contributed by atoms with Gasteiger partial charge in [0.15, 0.2) is 12.2 Å². The average Bonchev–Trinajstić information content (AvgIpc) is 1.03. The summed E-state index contributed by atoms with van der Waals surface area (Å²) in [5, 5.41) is 10.6. The van der Waals surface area contributed by atoms with Crippen LogP contribution in [0.25, 0.3) is 0 Å². The number of hydrogen-bond donors (Lipinski definition) is 3. The van der Waals surface area contributed by atoms with Gasteiger partial charge in [-0.2, -0.15) is 0 Å². The first-order valence-corrected chi connectivity index (χ1v) is 40.4. The Morgan fingerprint density at radius 1 is 0.296 bits per heavy atom. The molecule has 5 atom stereocenters. The summed E-state index contributed by atoms with van der Waals surface area (Å²) in [7, 11) is -9.97. The molecule has 0 aliphatic carbocycles. The standard InChI is InChI=1S/C79H132O17P2/c1-5-9-13-17-21-25-29-31-33-35-36-38-40-42-46-48-52-56-60-64-77(82)90-70-75(96-79(84)66-62-58-54-50-44-28-24-20-16-12-8-4)72-94-98(87,88)92-68-73(80)67-91-97(85,86)93-71-74(95-78(83)65-61-57-53-49-43-27-23-19-15-11-7-3)69-89-76(81)63-59-55-51-47-45-41-39-37-34-32-30-26-22-18-14-10-6-2/h9-10,13-14,19-26,31-34,36,38,42,46,52,56,73-75,80H,5-8,11-12,15-18,27-30,35,37,39-41,43-45,47-51,53-55,57-72H2,1-4H3,(H,85,86)(H,87,88)/b13-9-,14-10-,23-19-,24-20-,25-21-,26-22-,33-31-,34-32-,38-36-,46-42-,56-52-. The van der Waals surface area contributed by atoms with Crippen molar-refractivity contribution < 1.29 is 80.2 Å². The summed E-state index contributed by atoms with van der Waals surface area (Å²) in [6, 6.07) is 0. The van der Waals surface area contributed by atoms with Crippen molar-refractivity contribution in [3.63, 3.8) is 0 Å². The number of ether oxygens (including phenoxy) is 4. The maximum atomic E-state index is 13.0. The maximum absolute atomic E-state index is 13.0. The van der Waals surface area contributed by atoms with Gasteiger partial charge in [-0.3, -0.25) is 37.3 Å². The minimum atomic E-state index is -4.99. The molecule has 0 fully saturated rings. The molecule has 0 aliphatic heterocycles. The van der Waals surface area contributed by atoms with Crippen molar-refractivity contribution >= 4 is 39.5 Å². The summed E-state index contributed by atoms with van der Waals surface area (Å²) in [6.07, 6.45) is 77.6. The number of aliphatic hydroxyl groups excluding tert-OH is 1. The van der Waals surface area contributed by atoms with E-state index in [1.54, 1.807) is 0 Å².